The summed E-state index contributed by atoms with van der Waals surface area (Å²) in [5.74, 6) is -0.0812. The quantitative estimate of drug-likeness (QED) is 0.635. The zero-order chi connectivity index (χ0) is 21.8. The van der Waals surface area contributed by atoms with E-state index in [1.165, 1.54) is 13.8 Å². The zero-order valence-corrected chi connectivity index (χ0v) is 19.2. The van der Waals surface area contributed by atoms with Crippen molar-refractivity contribution in [3.8, 4) is 0 Å². The molecule has 3 aliphatic rings. The number of hydrogen-bond donors (Lipinski definition) is 0. The fourth-order valence-electron chi connectivity index (χ4n) is 7.31. The van der Waals surface area contributed by atoms with Crippen LogP contribution in [0.4, 0.5) is 0 Å². The summed E-state index contributed by atoms with van der Waals surface area (Å²) in [6, 6.07) is 0. The predicted molar refractivity (Wildman–Crippen MR) is 110 cm³/mol. The van der Waals surface area contributed by atoms with Gasteiger partial charge in [-0.15, -0.1) is 0 Å². The fourth-order valence-corrected chi connectivity index (χ4v) is 7.31. The minimum absolute atomic E-state index is 0.0814. The molecule has 0 saturated heterocycles. The van der Waals surface area contributed by atoms with Gasteiger partial charge in [0.05, 0.1) is 0 Å². The minimum atomic E-state index is -0.399. The average molecular weight is 407 g/mol. The summed E-state index contributed by atoms with van der Waals surface area (Å²) in [5, 5.41) is 0. The Kier molecular flexibility index (Phi) is 5.68. The fraction of sp³-hybridized carbons (Fsp3) is 0.875. The molecular weight excluding hydrogens is 368 g/mol. The molecule has 8 atom stereocenters. The molecule has 2 bridgehead atoms. The van der Waals surface area contributed by atoms with Gasteiger partial charge < -0.3 is 9.47 Å². The van der Waals surface area contributed by atoms with Crippen LogP contribution < -0.4 is 0 Å². The van der Waals surface area contributed by atoms with Crippen LogP contribution in [0.15, 0.2) is 0 Å². The highest BCUT2D eigenvalue weighted by atomic mass is 16.6. The van der Waals surface area contributed by atoms with Crippen molar-refractivity contribution in [2.75, 3.05) is 0 Å². The van der Waals surface area contributed by atoms with E-state index in [-0.39, 0.29) is 52.7 Å². The summed E-state index contributed by atoms with van der Waals surface area (Å²) >= 11 is 0. The second kappa shape index (κ2) is 7.39. The van der Waals surface area contributed by atoms with Gasteiger partial charge in [-0.25, -0.2) is 0 Å². The van der Waals surface area contributed by atoms with Gasteiger partial charge in [-0.05, 0) is 43.4 Å². The third-order valence-corrected chi connectivity index (χ3v) is 9.26. The Bertz CT molecular complexity index is 701. The molecule has 5 heteroatoms. The van der Waals surface area contributed by atoms with E-state index in [0.29, 0.717) is 18.6 Å². The molecule has 0 aromatic carbocycles. The maximum Gasteiger partial charge on any atom is 0.302 e. The number of hydrogen-bond acceptors (Lipinski definition) is 5. The van der Waals surface area contributed by atoms with Crippen LogP contribution in [0.2, 0.25) is 0 Å². The highest BCUT2D eigenvalue weighted by molar-refractivity contribution is 5.85. The molecule has 0 aromatic rings. The largest absolute Gasteiger partial charge is 0.462 e. The summed E-state index contributed by atoms with van der Waals surface area (Å²) < 4.78 is 12.0. The molecule has 0 unspecified atom stereocenters. The molecule has 3 rings (SSSR count). The molecule has 0 aromatic heterocycles. The highest BCUT2D eigenvalue weighted by Crippen LogP contribution is 2.68. The van der Waals surface area contributed by atoms with Crippen LogP contribution in [0.1, 0.15) is 87.0 Å². The number of carbonyl (C=O) groups is 3. The lowest BCUT2D eigenvalue weighted by Crippen LogP contribution is -2.63. The number of esters is 2. The molecule has 0 aliphatic heterocycles. The van der Waals surface area contributed by atoms with Gasteiger partial charge in [-0.1, -0.05) is 34.6 Å². The molecule has 0 spiro atoms. The number of Topliss-reactive ketones (excluding diaryl/α,β-unsaturated/α-hetero) is 1. The molecular formula is C24H38O5. The van der Waals surface area contributed by atoms with Gasteiger partial charge in [0, 0.05) is 42.9 Å². The first-order valence-electron chi connectivity index (χ1n) is 11.3. The van der Waals surface area contributed by atoms with Crippen molar-refractivity contribution in [1.29, 1.82) is 0 Å². The van der Waals surface area contributed by atoms with E-state index < -0.39 is 5.41 Å². The second-order valence-electron chi connectivity index (χ2n) is 10.6. The van der Waals surface area contributed by atoms with E-state index in [9.17, 15) is 14.4 Å². The van der Waals surface area contributed by atoms with Gasteiger partial charge in [0.1, 0.15) is 18.0 Å². The van der Waals surface area contributed by atoms with E-state index in [4.69, 9.17) is 9.47 Å². The number of ketones is 1. The molecule has 0 amide bonds. The highest BCUT2D eigenvalue weighted by Gasteiger charge is 2.68. The van der Waals surface area contributed by atoms with Crippen LogP contribution in [0.5, 0.6) is 0 Å². The lowest BCUT2D eigenvalue weighted by atomic mass is 9.43. The van der Waals surface area contributed by atoms with Crippen molar-refractivity contribution < 1.29 is 23.9 Å². The van der Waals surface area contributed by atoms with Crippen molar-refractivity contribution in [2.24, 2.45) is 34.0 Å². The van der Waals surface area contributed by atoms with Crippen LogP contribution in [0.25, 0.3) is 0 Å². The predicted octanol–water partition coefficient (Wildman–Crippen LogP) is 4.71. The number of ether oxygens (including phenoxy) is 2. The lowest BCUT2D eigenvalue weighted by molar-refractivity contribution is -0.218. The Morgan fingerprint density at radius 1 is 1.07 bits per heavy atom. The van der Waals surface area contributed by atoms with E-state index in [2.05, 4.69) is 34.6 Å². The third kappa shape index (κ3) is 3.23. The summed E-state index contributed by atoms with van der Waals surface area (Å²) in [5.41, 5.74) is -0.926. The number of rotatable bonds is 3. The Morgan fingerprint density at radius 3 is 2.24 bits per heavy atom. The van der Waals surface area contributed by atoms with Crippen LogP contribution >= 0.6 is 0 Å². The summed E-state index contributed by atoms with van der Waals surface area (Å²) in [6.45, 7) is 13.8. The van der Waals surface area contributed by atoms with Crippen molar-refractivity contribution in [2.45, 2.75) is 99.2 Å². The van der Waals surface area contributed by atoms with Gasteiger partial charge in [0.2, 0.25) is 0 Å². The van der Waals surface area contributed by atoms with Crippen LogP contribution in [0, 0.1) is 34.0 Å². The Morgan fingerprint density at radius 2 is 1.69 bits per heavy atom. The maximum absolute atomic E-state index is 13.3. The SMILES string of the molecule is CC[C@]1(C)C[C@@H](OC(C)=O)[C@]2(C)[C@H](C)CC[C@]3(CCC(=O)[C@H]32)[C@@H](C)[C@@H]1OC(C)=O. The van der Waals surface area contributed by atoms with E-state index in [1.807, 2.05) is 0 Å². The molecule has 0 heterocycles. The molecule has 164 valence electrons. The molecule has 3 fully saturated rings. The van der Waals surface area contributed by atoms with E-state index in [0.717, 1.165) is 25.7 Å². The first-order valence-corrected chi connectivity index (χ1v) is 11.3. The Labute approximate surface area is 175 Å². The number of carbonyl (C=O) groups excluding carboxylic acids is 3. The van der Waals surface area contributed by atoms with Gasteiger partial charge in [-0.3, -0.25) is 14.4 Å². The summed E-state index contributed by atoms with van der Waals surface area (Å²) in [6.07, 6.45) is 4.12. The molecule has 0 N–H and O–H groups in total. The van der Waals surface area contributed by atoms with Crippen molar-refractivity contribution in [1.82, 2.24) is 0 Å². The van der Waals surface area contributed by atoms with Crippen LogP contribution in [-0.2, 0) is 23.9 Å². The van der Waals surface area contributed by atoms with Gasteiger partial charge in [0.15, 0.2) is 0 Å². The van der Waals surface area contributed by atoms with E-state index >= 15 is 0 Å². The normalized spacial score (nSPS) is 47.0. The Balaban J connectivity index is 2.24. The topological polar surface area (TPSA) is 69.7 Å². The monoisotopic (exact) mass is 406 g/mol. The third-order valence-electron chi connectivity index (χ3n) is 9.26. The average Bonchev–Trinajstić information content (AvgIpc) is 2.99. The first kappa shape index (κ1) is 22.3. The molecule has 3 saturated carbocycles. The molecule has 0 radical (unpaired) electrons. The minimum Gasteiger partial charge on any atom is -0.462 e. The first-order chi connectivity index (χ1) is 13.4. The standard InChI is InChI=1S/C24H38O5/c1-8-22(6)13-19(28-16(4)25)23(7)14(2)9-11-24(12-10-18(27)20(23)24)15(3)21(22)29-17(5)26/h14-15,19-21H,8-13H2,1-7H3/t14-,15+,19-,20+,21+,22-,23+,24+/m1/s1. The van der Waals surface area contributed by atoms with Crippen molar-refractivity contribution in [3.63, 3.8) is 0 Å². The maximum atomic E-state index is 13.3. The second-order valence-corrected chi connectivity index (χ2v) is 10.6. The van der Waals surface area contributed by atoms with Crippen LogP contribution in [0.3, 0.4) is 0 Å². The summed E-state index contributed by atoms with van der Waals surface area (Å²) in [4.78, 5) is 37.5. The smallest absolute Gasteiger partial charge is 0.302 e. The van der Waals surface area contributed by atoms with E-state index in [1.54, 1.807) is 0 Å². The lowest BCUT2D eigenvalue weighted by Gasteiger charge is -2.62. The molecule has 29 heavy (non-hydrogen) atoms. The van der Waals surface area contributed by atoms with Gasteiger partial charge in [-0.2, -0.15) is 0 Å². The zero-order valence-electron chi connectivity index (χ0n) is 19.2. The Hall–Kier alpha value is -1.39. The van der Waals surface area contributed by atoms with Crippen molar-refractivity contribution in [3.05, 3.63) is 0 Å². The van der Waals surface area contributed by atoms with Crippen molar-refractivity contribution >= 4 is 17.7 Å². The van der Waals surface area contributed by atoms with Gasteiger partial charge in [0.25, 0.3) is 0 Å². The molecule has 3 aliphatic carbocycles. The summed E-state index contributed by atoms with van der Waals surface area (Å²) in [7, 11) is 0. The molecule has 5 nitrogen and oxygen atoms in total. The van der Waals surface area contributed by atoms with Crippen LogP contribution in [-0.4, -0.2) is 29.9 Å². The van der Waals surface area contributed by atoms with Gasteiger partial charge >= 0.3 is 11.9 Å².